The summed E-state index contributed by atoms with van der Waals surface area (Å²) in [5, 5.41) is 9.49. The van der Waals surface area contributed by atoms with Crippen LogP contribution in [0.2, 0.25) is 0 Å². The summed E-state index contributed by atoms with van der Waals surface area (Å²) >= 11 is 0. The molecule has 0 spiro atoms. The highest BCUT2D eigenvalue weighted by atomic mass is 16.7. The van der Waals surface area contributed by atoms with E-state index >= 15 is 0 Å². The maximum Gasteiger partial charge on any atom is 0.0888 e. The van der Waals surface area contributed by atoms with E-state index in [1.54, 1.807) is 6.07 Å². The van der Waals surface area contributed by atoms with E-state index in [0.717, 1.165) is 5.56 Å². The lowest BCUT2D eigenvalue weighted by Gasteiger charge is -2.08. The van der Waals surface area contributed by atoms with Crippen molar-refractivity contribution in [3.8, 4) is 0 Å². The molecule has 16 heavy (non-hydrogen) atoms. The van der Waals surface area contributed by atoms with Gasteiger partial charge in [0.15, 0.2) is 0 Å². The maximum atomic E-state index is 10.3. The fourth-order valence-electron chi connectivity index (χ4n) is 1.44. The minimum atomic E-state index is -0.757. The second kappa shape index (κ2) is 4.48. The van der Waals surface area contributed by atoms with Gasteiger partial charge in [-0.05, 0) is 28.6 Å². The third-order valence-corrected chi connectivity index (χ3v) is 2.13. The van der Waals surface area contributed by atoms with E-state index in [1.807, 2.05) is 30.3 Å². The molecular weight excluding hydrogens is 208 g/mol. The first-order chi connectivity index (χ1) is 7.75. The third-order valence-electron chi connectivity index (χ3n) is 2.13. The predicted molar refractivity (Wildman–Crippen MR) is 58.0 cm³/mol. The Hall–Kier alpha value is -2.30. The second-order valence-corrected chi connectivity index (χ2v) is 3.25. The summed E-state index contributed by atoms with van der Waals surface area (Å²) in [6.45, 7) is 0. The molecule has 5 heteroatoms. The zero-order chi connectivity index (χ0) is 11.4. The Morgan fingerprint density at radius 1 is 1.25 bits per heavy atom. The monoisotopic (exact) mass is 217 g/mol. The second-order valence-electron chi connectivity index (χ2n) is 3.25. The fraction of sp³-hybridized carbons (Fsp3) is 0.0909. The van der Waals surface area contributed by atoms with Crippen LogP contribution >= 0.6 is 0 Å². The van der Waals surface area contributed by atoms with Crippen molar-refractivity contribution in [2.75, 3.05) is 0 Å². The van der Waals surface area contributed by atoms with Crippen molar-refractivity contribution in [2.45, 2.75) is 6.42 Å². The van der Waals surface area contributed by atoms with Gasteiger partial charge in [-0.25, -0.2) is 0 Å². The number of furan rings is 1. The highest BCUT2D eigenvalue weighted by molar-refractivity contribution is 5.45. The van der Waals surface area contributed by atoms with Gasteiger partial charge >= 0.3 is 0 Å². The summed E-state index contributed by atoms with van der Waals surface area (Å²) in [6, 6.07) is 11.3. The zero-order valence-corrected chi connectivity index (χ0v) is 8.37. The van der Waals surface area contributed by atoms with Crippen molar-refractivity contribution < 1.29 is 9.45 Å². The Labute approximate surface area is 91.8 Å². The molecule has 0 amide bonds. The molecule has 1 heterocycles. The first-order valence-corrected chi connectivity index (χ1v) is 4.72. The molecule has 0 fully saturated rings. The lowest BCUT2D eigenvalue weighted by Crippen LogP contribution is -1.90. The lowest BCUT2D eigenvalue weighted by atomic mass is 10.1. The van der Waals surface area contributed by atoms with Gasteiger partial charge in [-0.2, -0.15) is 0 Å². The van der Waals surface area contributed by atoms with Gasteiger partial charge in [0.05, 0.1) is 12.1 Å². The van der Waals surface area contributed by atoms with Crippen LogP contribution in [-0.2, 0) is 6.42 Å². The first-order valence-electron chi connectivity index (χ1n) is 4.72. The summed E-state index contributed by atoms with van der Waals surface area (Å²) in [4.78, 5) is 10.3. The molecule has 0 unspecified atom stereocenters. The Morgan fingerprint density at radius 3 is 2.69 bits per heavy atom. The molecule has 0 aliphatic carbocycles. The van der Waals surface area contributed by atoms with Crippen molar-refractivity contribution in [1.29, 1.82) is 0 Å². The van der Waals surface area contributed by atoms with Crippen molar-refractivity contribution >= 4 is 5.88 Å². The Bertz CT molecular complexity index is 479. The van der Waals surface area contributed by atoms with Crippen LogP contribution in [0, 0.1) is 10.1 Å². The van der Waals surface area contributed by atoms with E-state index in [9.17, 15) is 10.1 Å². The highest BCUT2D eigenvalue weighted by Gasteiger charge is 2.02. The minimum absolute atomic E-state index is 0.0638. The highest BCUT2D eigenvalue weighted by Crippen LogP contribution is 2.27. The average molecular weight is 217 g/mol. The number of hydrogen-bond acceptors (Lipinski definition) is 3. The molecule has 2 rings (SSSR count). The number of nitrogens with zero attached hydrogens (tertiary/aromatic N) is 2. The van der Waals surface area contributed by atoms with Crippen molar-refractivity contribution in [1.82, 2.24) is 0 Å². The maximum absolute atomic E-state index is 10.3. The van der Waals surface area contributed by atoms with Gasteiger partial charge in [-0.15, -0.1) is 0 Å². The SMILES string of the molecule is O=[N+]([O-])[N-]c1occc1Cc1ccccc1. The number of rotatable bonds is 4. The summed E-state index contributed by atoms with van der Waals surface area (Å²) in [6.07, 6.45) is 1.98. The van der Waals surface area contributed by atoms with Gasteiger partial charge in [-0.1, -0.05) is 30.3 Å². The Balaban J connectivity index is 2.16. The Morgan fingerprint density at radius 2 is 2.00 bits per heavy atom. The average Bonchev–Trinajstić information content (AvgIpc) is 2.66. The van der Waals surface area contributed by atoms with E-state index < -0.39 is 5.03 Å². The molecule has 82 valence electrons. The molecule has 0 saturated heterocycles. The molecular formula is C11H9N2O3-. The Kier molecular flexibility index (Phi) is 2.86. The minimum Gasteiger partial charge on any atom is -0.483 e. The topological polar surface area (TPSA) is 70.4 Å². The van der Waals surface area contributed by atoms with E-state index in [4.69, 9.17) is 4.42 Å². The van der Waals surface area contributed by atoms with Gasteiger partial charge < -0.3 is 9.84 Å². The van der Waals surface area contributed by atoms with Gasteiger partial charge in [0.25, 0.3) is 0 Å². The molecule has 0 radical (unpaired) electrons. The molecule has 0 bridgehead atoms. The van der Waals surface area contributed by atoms with Crippen LogP contribution in [0.5, 0.6) is 0 Å². The van der Waals surface area contributed by atoms with Crippen LogP contribution < -0.4 is 0 Å². The van der Waals surface area contributed by atoms with Gasteiger partial charge in [0.2, 0.25) is 0 Å². The summed E-state index contributed by atoms with van der Waals surface area (Å²) in [5.41, 5.74) is 4.94. The van der Waals surface area contributed by atoms with E-state index in [1.165, 1.54) is 6.26 Å². The van der Waals surface area contributed by atoms with Crippen molar-refractivity contribution in [2.24, 2.45) is 0 Å². The van der Waals surface area contributed by atoms with Crippen LogP contribution in [0.4, 0.5) is 5.88 Å². The van der Waals surface area contributed by atoms with Crippen LogP contribution in [-0.4, -0.2) is 5.03 Å². The van der Waals surface area contributed by atoms with Gasteiger partial charge in [0, 0.05) is 0 Å². The molecule has 0 aliphatic heterocycles. The molecule has 1 aromatic heterocycles. The number of hydrogen-bond donors (Lipinski definition) is 0. The first kappa shape index (κ1) is 10.2. The molecule has 0 aliphatic rings. The summed E-state index contributed by atoms with van der Waals surface area (Å²) in [5.74, 6) is 0.0638. The third kappa shape index (κ3) is 2.38. The van der Waals surface area contributed by atoms with E-state index in [2.05, 4.69) is 5.43 Å². The van der Waals surface area contributed by atoms with Crippen LogP contribution in [0.1, 0.15) is 11.1 Å². The summed E-state index contributed by atoms with van der Waals surface area (Å²) < 4.78 is 4.94. The van der Waals surface area contributed by atoms with E-state index in [0.29, 0.717) is 12.0 Å². The van der Waals surface area contributed by atoms with Gasteiger partial charge in [-0.3, -0.25) is 10.1 Å². The molecule has 2 aromatic rings. The number of benzene rings is 1. The zero-order valence-electron chi connectivity index (χ0n) is 8.37. The summed E-state index contributed by atoms with van der Waals surface area (Å²) in [7, 11) is 0. The van der Waals surface area contributed by atoms with Crippen molar-refractivity contribution in [3.63, 3.8) is 0 Å². The van der Waals surface area contributed by atoms with Crippen LogP contribution in [0.25, 0.3) is 5.43 Å². The quantitative estimate of drug-likeness (QED) is 0.583. The molecule has 0 N–H and O–H groups in total. The molecule has 0 saturated carbocycles. The predicted octanol–water partition coefficient (Wildman–Crippen LogP) is 3.07. The molecule has 0 atom stereocenters. The van der Waals surface area contributed by atoms with Crippen LogP contribution in [0.3, 0.4) is 0 Å². The standard InChI is InChI=1S/C11H9N2O3/c14-13(15)12-11-10(6-7-16-11)8-9-4-2-1-3-5-9/h1-7H,8H2/q-1. The lowest BCUT2D eigenvalue weighted by molar-refractivity contribution is -0.420. The smallest absolute Gasteiger partial charge is 0.0888 e. The molecule has 1 aromatic carbocycles. The van der Waals surface area contributed by atoms with Crippen LogP contribution in [0.15, 0.2) is 47.1 Å². The fourth-order valence-corrected chi connectivity index (χ4v) is 1.44. The van der Waals surface area contributed by atoms with E-state index in [-0.39, 0.29) is 5.88 Å². The largest absolute Gasteiger partial charge is 0.483 e. The van der Waals surface area contributed by atoms with Gasteiger partial charge in [0.1, 0.15) is 0 Å². The molecule has 5 nitrogen and oxygen atoms in total. The normalized spacial score (nSPS) is 10.0. The van der Waals surface area contributed by atoms with Crippen molar-refractivity contribution in [3.05, 3.63) is 69.3 Å². The number of nitro groups is 1.